The molecule has 0 aromatic rings. The van der Waals surface area contributed by atoms with Crippen LogP contribution in [-0.2, 0) is 27.7 Å². The molecule has 1 fully saturated rings. The number of nitrogens with two attached hydrogens (primary N) is 3. The number of carbonyl (C=O) groups is 3. The average Bonchev–Trinajstić information content (AvgIpc) is 2.84. The van der Waals surface area contributed by atoms with Crippen molar-refractivity contribution < 1.29 is 27.7 Å². The molecule has 13 nitrogen and oxygen atoms in total. The molecule has 0 saturated carbocycles. The minimum atomic E-state index is -2.73. The zero-order chi connectivity index (χ0) is 29.1. The largest absolute Gasteiger partial charge is 0.500 e. The van der Waals surface area contributed by atoms with Crippen molar-refractivity contribution in [2.24, 2.45) is 17.2 Å². The minimum absolute atomic E-state index is 0.143. The van der Waals surface area contributed by atoms with Gasteiger partial charge in [0.2, 0.25) is 17.7 Å². The van der Waals surface area contributed by atoms with E-state index < -0.39 is 14.7 Å². The van der Waals surface area contributed by atoms with Crippen LogP contribution in [0, 0.1) is 0 Å². The normalized spacial score (nSPS) is 18.5. The molecule has 39 heavy (non-hydrogen) atoms. The van der Waals surface area contributed by atoms with Crippen LogP contribution in [0.1, 0.15) is 40.0 Å². The standard InChI is InChI=1S/C25H53N7O6Si/c1-4-36-39(37-5-2,38-6-3)19-9-14-29-10-7-11-31(21-24(27)34)17-18-32(22-25(28)35)13-8-12-30(16-15-29)20-23(26)33/h4-22H2,1-3H3,(H2,26,33)(H2,27,34)(H2,28,35). The molecule has 0 spiro atoms. The van der Waals surface area contributed by atoms with Crippen LogP contribution in [0.25, 0.3) is 0 Å². The summed E-state index contributed by atoms with van der Waals surface area (Å²) in [5.41, 5.74) is 16.5. The van der Waals surface area contributed by atoms with E-state index in [9.17, 15) is 14.4 Å². The van der Waals surface area contributed by atoms with Crippen LogP contribution in [0.4, 0.5) is 0 Å². The molecule has 0 aliphatic carbocycles. The topological polar surface area (TPSA) is 170 Å². The maximum absolute atomic E-state index is 11.7. The van der Waals surface area contributed by atoms with Crippen molar-refractivity contribution >= 4 is 26.5 Å². The first-order valence-electron chi connectivity index (χ1n) is 14.3. The second-order valence-corrected chi connectivity index (χ2v) is 12.6. The molecule has 1 rings (SSSR count). The molecule has 6 N–H and O–H groups in total. The summed E-state index contributed by atoms with van der Waals surface area (Å²) in [4.78, 5) is 43.5. The first-order valence-corrected chi connectivity index (χ1v) is 16.2. The van der Waals surface area contributed by atoms with Crippen LogP contribution in [0.5, 0.6) is 0 Å². The Morgan fingerprint density at radius 2 is 0.923 bits per heavy atom. The Morgan fingerprint density at radius 3 is 1.26 bits per heavy atom. The van der Waals surface area contributed by atoms with E-state index in [-0.39, 0.29) is 31.4 Å². The fourth-order valence-electron chi connectivity index (χ4n) is 4.93. The number of carbonyl (C=O) groups excluding carboxylic acids is 3. The van der Waals surface area contributed by atoms with Gasteiger partial charge in [-0.1, -0.05) is 0 Å². The number of nitrogens with zero attached hydrogens (tertiary/aromatic N) is 4. The summed E-state index contributed by atoms with van der Waals surface area (Å²) in [5.74, 6) is -1.13. The summed E-state index contributed by atoms with van der Waals surface area (Å²) in [7, 11) is -2.73. The lowest BCUT2D eigenvalue weighted by atomic mass is 10.2. The van der Waals surface area contributed by atoms with Gasteiger partial charge in [-0.2, -0.15) is 0 Å². The van der Waals surface area contributed by atoms with Gasteiger partial charge in [-0.15, -0.1) is 0 Å². The van der Waals surface area contributed by atoms with Gasteiger partial charge in [0.25, 0.3) is 0 Å². The number of amides is 3. The highest BCUT2D eigenvalue weighted by atomic mass is 28.4. The Morgan fingerprint density at radius 1 is 0.590 bits per heavy atom. The van der Waals surface area contributed by atoms with Gasteiger partial charge < -0.3 is 35.4 Å². The van der Waals surface area contributed by atoms with Crippen LogP contribution in [0.2, 0.25) is 6.04 Å². The summed E-state index contributed by atoms with van der Waals surface area (Å²) in [6, 6.07) is 0.730. The molecule has 0 aromatic heterocycles. The Balaban J connectivity index is 2.95. The van der Waals surface area contributed by atoms with E-state index in [0.29, 0.717) is 59.1 Å². The van der Waals surface area contributed by atoms with Crippen LogP contribution in [0.15, 0.2) is 0 Å². The molecule has 0 atom stereocenters. The SMILES string of the molecule is CCO[Si](CCCN1CCCN(CC(N)=O)CCN(CC(N)=O)CCCN(CC(N)=O)CC1)(OCC)OCC. The first kappa shape index (κ1) is 35.4. The lowest BCUT2D eigenvalue weighted by Crippen LogP contribution is -2.47. The Bertz CT molecular complexity index is 703. The highest BCUT2D eigenvalue weighted by Crippen LogP contribution is 2.19. The van der Waals surface area contributed by atoms with Crippen molar-refractivity contribution in [1.82, 2.24) is 19.6 Å². The van der Waals surface area contributed by atoms with Crippen LogP contribution >= 0.6 is 0 Å². The molecule has 14 heteroatoms. The predicted octanol–water partition coefficient (Wildman–Crippen LogP) is -1.12. The fourth-order valence-corrected chi connectivity index (χ4v) is 7.52. The van der Waals surface area contributed by atoms with E-state index in [1.54, 1.807) is 0 Å². The molecule has 0 unspecified atom stereocenters. The molecule has 1 saturated heterocycles. The third-order valence-corrected chi connectivity index (χ3v) is 9.70. The Kier molecular flexibility index (Phi) is 18.4. The van der Waals surface area contributed by atoms with E-state index in [2.05, 4.69) is 9.80 Å². The van der Waals surface area contributed by atoms with Crippen molar-refractivity contribution in [2.45, 2.75) is 46.1 Å². The fraction of sp³-hybridized carbons (Fsp3) is 0.880. The van der Waals surface area contributed by atoms with Gasteiger partial charge in [0.1, 0.15) is 0 Å². The van der Waals surface area contributed by atoms with Crippen LogP contribution in [0.3, 0.4) is 0 Å². The third kappa shape index (κ3) is 16.3. The summed E-state index contributed by atoms with van der Waals surface area (Å²) >= 11 is 0. The van der Waals surface area contributed by atoms with E-state index in [1.807, 2.05) is 30.6 Å². The maximum atomic E-state index is 11.7. The number of hydrogen-bond donors (Lipinski definition) is 3. The molecule has 0 bridgehead atoms. The summed E-state index contributed by atoms with van der Waals surface area (Å²) in [6.45, 7) is 14.3. The molecule has 228 valence electrons. The highest BCUT2D eigenvalue weighted by molar-refractivity contribution is 6.60. The van der Waals surface area contributed by atoms with E-state index in [4.69, 9.17) is 30.5 Å². The molecule has 3 amide bonds. The molecule has 1 aliphatic rings. The van der Waals surface area contributed by atoms with Crippen LogP contribution < -0.4 is 17.2 Å². The van der Waals surface area contributed by atoms with Gasteiger partial charge in [-0.3, -0.25) is 29.1 Å². The van der Waals surface area contributed by atoms with Gasteiger partial charge in [0.05, 0.1) is 19.6 Å². The van der Waals surface area contributed by atoms with Crippen molar-refractivity contribution in [3.05, 3.63) is 0 Å². The molecule has 0 radical (unpaired) electrons. The average molecular weight is 576 g/mol. The lowest BCUT2D eigenvalue weighted by Gasteiger charge is -2.32. The van der Waals surface area contributed by atoms with E-state index >= 15 is 0 Å². The van der Waals surface area contributed by atoms with E-state index in [0.717, 1.165) is 44.9 Å². The Labute approximate surface area is 235 Å². The number of primary amides is 3. The maximum Gasteiger partial charge on any atom is 0.500 e. The zero-order valence-electron chi connectivity index (χ0n) is 24.4. The van der Waals surface area contributed by atoms with Gasteiger partial charge >= 0.3 is 8.80 Å². The van der Waals surface area contributed by atoms with Gasteiger partial charge in [0.15, 0.2) is 0 Å². The van der Waals surface area contributed by atoms with Gasteiger partial charge in [-0.25, -0.2) is 0 Å². The number of rotatable bonds is 16. The molecule has 0 aromatic carbocycles. The number of hydrogen-bond acceptors (Lipinski definition) is 10. The summed E-state index contributed by atoms with van der Waals surface area (Å²) in [5, 5.41) is 0. The third-order valence-electron chi connectivity index (χ3n) is 6.55. The van der Waals surface area contributed by atoms with Crippen LogP contribution in [-0.4, -0.2) is 144 Å². The van der Waals surface area contributed by atoms with Crippen molar-refractivity contribution in [3.63, 3.8) is 0 Å². The molecular weight excluding hydrogens is 522 g/mol. The minimum Gasteiger partial charge on any atom is -0.374 e. The smallest absolute Gasteiger partial charge is 0.374 e. The van der Waals surface area contributed by atoms with Gasteiger partial charge in [-0.05, 0) is 72.8 Å². The van der Waals surface area contributed by atoms with Crippen molar-refractivity contribution in [1.29, 1.82) is 0 Å². The lowest BCUT2D eigenvalue weighted by molar-refractivity contribution is -0.120. The predicted molar refractivity (Wildman–Crippen MR) is 153 cm³/mol. The van der Waals surface area contributed by atoms with Crippen molar-refractivity contribution in [2.75, 3.05) is 98.4 Å². The highest BCUT2D eigenvalue weighted by Gasteiger charge is 2.39. The molecule has 1 heterocycles. The molecular formula is C25H53N7O6Si. The second kappa shape index (κ2) is 20.3. The monoisotopic (exact) mass is 575 g/mol. The summed E-state index contributed by atoms with van der Waals surface area (Å²) in [6.07, 6.45) is 2.44. The van der Waals surface area contributed by atoms with E-state index in [1.165, 1.54) is 0 Å². The molecule has 1 aliphatic heterocycles. The summed E-state index contributed by atoms with van der Waals surface area (Å²) < 4.78 is 18.0. The van der Waals surface area contributed by atoms with Crippen molar-refractivity contribution in [3.8, 4) is 0 Å². The zero-order valence-corrected chi connectivity index (χ0v) is 25.4. The first-order chi connectivity index (χ1) is 18.6. The van der Waals surface area contributed by atoms with Gasteiger partial charge in [0, 0.05) is 52.0 Å². The Hall–Kier alpha value is -1.65. The second-order valence-electron chi connectivity index (χ2n) is 9.86. The quantitative estimate of drug-likeness (QED) is 0.192.